The van der Waals surface area contributed by atoms with Crippen LogP contribution in [0.3, 0.4) is 0 Å². The number of imidazole rings is 1. The lowest BCUT2D eigenvalue weighted by Crippen LogP contribution is -2.43. The van der Waals surface area contributed by atoms with Gasteiger partial charge in [-0.3, -0.25) is 4.40 Å². The number of nitrogens with zero attached hydrogens (tertiary/aromatic N) is 5. The Balaban J connectivity index is 1.57. The highest BCUT2D eigenvalue weighted by Gasteiger charge is 2.29. The summed E-state index contributed by atoms with van der Waals surface area (Å²) in [5.41, 5.74) is 8.86. The normalized spacial score (nSPS) is 14.7. The van der Waals surface area contributed by atoms with Crippen molar-refractivity contribution in [2.75, 3.05) is 32.9 Å². The minimum atomic E-state index is 0.0557. The molecule has 4 aromatic rings. The highest BCUT2D eigenvalue weighted by Crippen LogP contribution is 2.40. The Bertz CT molecular complexity index is 1370. The zero-order valence-corrected chi connectivity index (χ0v) is 18.9. The van der Waals surface area contributed by atoms with E-state index in [9.17, 15) is 4.79 Å². The van der Waals surface area contributed by atoms with E-state index in [1.54, 1.807) is 36.5 Å². The zero-order chi connectivity index (χ0) is 22.4. The van der Waals surface area contributed by atoms with E-state index in [0.29, 0.717) is 18.9 Å². The lowest BCUT2D eigenvalue weighted by atomic mass is 9.96. The molecule has 1 aliphatic heterocycles. The van der Waals surface area contributed by atoms with Crippen LogP contribution in [0.1, 0.15) is 30.1 Å². The van der Waals surface area contributed by atoms with Crippen LogP contribution in [0.15, 0.2) is 36.7 Å². The first-order chi connectivity index (χ1) is 15.5. The Labute approximate surface area is 190 Å². The van der Waals surface area contributed by atoms with E-state index in [1.165, 1.54) is 0 Å². The molecule has 8 heteroatoms. The number of urea groups is 1. The van der Waals surface area contributed by atoms with E-state index >= 15 is 0 Å². The lowest BCUT2D eigenvalue weighted by molar-refractivity contribution is 0.155. The topological polar surface area (TPSA) is 79.8 Å². The predicted molar refractivity (Wildman–Crippen MR) is 129 cm³/mol. The standard InChI is InChI=1S/C24H24N6OS/c1-4-15-6-5-7-17-14-18(32-21(15)17)19-20-22(25)26-10-13-30(20)23(27-19)16-8-11-29(12-9-16)24(31)28(2)3/h1,5-7,10,13-14,16H,8-9,11-12H2,2-3H3,(H2,25,26). The zero-order valence-electron chi connectivity index (χ0n) is 18.1. The summed E-state index contributed by atoms with van der Waals surface area (Å²) in [6, 6.07) is 8.17. The van der Waals surface area contributed by atoms with E-state index in [2.05, 4.69) is 27.4 Å². The molecule has 0 saturated carbocycles. The van der Waals surface area contributed by atoms with Crippen molar-refractivity contribution < 1.29 is 4.79 Å². The van der Waals surface area contributed by atoms with E-state index in [1.807, 2.05) is 23.2 Å². The van der Waals surface area contributed by atoms with E-state index in [4.69, 9.17) is 17.1 Å². The molecular formula is C24H24N6OS. The van der Waals surface area contributed by atoms with Gasteiger partial charge in [0.1, 0.15) is 22.9 Å². The van der Waals surface area contributed by atoms with Crippen LogP contribution in [-0.2, 0) is 0 Å². The summed E-state index contributed by atoms with van der Waals surface area (Å²) in [6.45, 7) is 1.42. The molecule has 7 nitrogen and oxygen atoms in total. The Morgan fingerprint density at radius 3 is 2.81 bits per heavy atom. The Morgan fingerprint density at radius 1 is 1.31 bits per heavy atom. The fourth-order valence-electron chi connectivity index (χ4n) is 4.45. The van der Waals surface area contributed by atoms with Crippen molar-refractivity contribution in [3.05, 3.63) is 48.0 Å². The molecule has 1 aliphatic rings. The van der Waals surface area contributed by atoms with Gasteiger partial charge in [-0.2, -0.15) is 0 Å². The molecule has 0 bridgehead atoms. The van der Waals surface area contributed by atoms with Crippen LogP contribution in [0, 0.1) is 12.3 Å². The molecular weight excluding hydrogens is 420 g/mol. The number of rotatable bonds is 2. The molecule has 1 aromatic carbocycles. The summed E-state index contributed by atoms with van der Waals surface area (Å²) in [5, 5.41) is 1.10. The third-order valence-electron chi connectivity index (χ3n) is 6.06. The van der Waals surface area contributed by atoms with E-state index in [-0.39, 0.29) is 11.9 Å². The number of likely N-dealkylation sites (tertiary alicyclic amines) is 1. The molecule has 0 atom stereocenters. The molecule has 3 aromatic heterocycles. The van der Waals surface area contributed by atoms with Crippen molar-refractivity contribution in [3.63, 3.8) is 0 Å². The summed E-state index contributed by atoms with van der Waals surface area (Å²) < 4.78 is 3.14. The minimum Gasteiger partial charge on any atom is -0.382 e. The van der Waals surface area contributed by atoms with Crippen molar-refractivity contribution in [1.29, 1.82) is 0 Å². The number of amides is 2. The van der Waals surface area contributed by atoms with Crippen LogP contribution in [0.2, 0.25) is 0 Å². The van der Waals surface area contributed by atoms with E-state index < -0.39 is 0 Å². The maximum absolute atomic E-state index is 12.3. The summed E-state index contributed by atoms with van der Waals surface area (Å²) in [4.78, 5) is 26.3. The second-order valence-corrected chi connectivity index (χ2v) is 9.32. The molecule has 0 unspecified atom stereocenters. The highest BCUT2D eigenvalue weighted by atomic mass is 32.1. The number of carbonyl (C=O) groups is 1. The van der Waals surface area contributed by atoms with Crippen molar-refractivity contribution in [1.82, 2.24) is 24.2 Å². The Kier molecular flexibility index (Phi) is 4.98. The number of fused-ring (bicyclic) bond motifs is 2. The molecule has 4 heterocycles. The third-order valence-corrected chi connectivity index (χ3v) is 7.25. The maximum Gasteiger partial charge on any atom is 0.319 e. The predicted octanol–water partition coefficient (Wildman–Crippen LogP) is 4.04. The molecule has 0 aliphatic carbocycles. The molecule has 2 N–H and O–H groups in total. The molecule has 1 saturated heterocycles. The SMILES string of the molecule is C#Cc1cccc2cc(-c3nc(C4CCN(C(=O)N(C)C)CC4)n4ccnc(N)c34)sc12. The van der Waals surface area contributed by atoms with Gasteiger partial charge in [0.2, 0.25) is 0 Å². The number of thiophene rings is 1. The van der Waals surface area contributed by atoms with Crippen molar-refractivity contribution >= 4 is 38.8 Å². The van der Waals surface area contributed by atoms with Crippen molar-refractivity contribution in [3.8, 4) is 22.9 Å². The molecule has 2 amide bonds. The molecule has 5 rings (SSSR count). The smallest absolute Gasteiger partial charge is 0.319 e. The van der Waals surface area contributed by atoms with Gasteiger partial charge in [-0.15, -0.1) is 17.8 Å². The Morgan fingerprint density at radius 2 is 2.09 bits per heavy atom. The highest BCUT2D eigenvalue weighted by molar-refractivity contribution is 7.22. The first kappa shape index (κ1) is 20.3. The number of carbonyl (C=O) groups excluding carboxylic acids is 1. The summed E-state index contributed by atoms with van der Waals surface area (Å²) in [6.07, 6.45) is 11.1. The average molecular weight is 445 g/mol. The van der Waals surface area contributed by atoms with Crippen LogP contribution in [0.25, 0.3) is 26.2 Å². The summed E-state index contributed by atoms with van der Waals surface area (Å²) >= 11 is 1.63. The van der Waals surface area contributed by atoms with Gasteiger partial charge < -0.3 is 15.5 Å². The fourth-order valence-corrected chi connectivity index (χ4v) is 5.58. The number of nitrogen functional groups attached to an aromatic ring is 1. The van der Waals surface area contributed by atoms with Gasteiger partial charge in [-0.1, -0.05) is 18.1 Å². The van der Waals surface area contributed by atoms with Crippen molar-refractivity contribution in [2.45, 2.75) is 18.8 Å². The number of terminal acetylenes is 1. The van der Waals surface area contributed by atoms with Crippen LogP contribution >= 0.6 is 11.3 Å². The fraction of sp³-hybridized carbons (Fsp3) is 0.292. The number of hydrogen-bond donors (Lipinski definition) is 1. The van der Waals surface area contributed by atoms with Gasteiger partial charge >= 0.3 is 6.03 Å². The molecule has 0 spiro atoms. The first-order valence-electron chi connectivity index (χ1n) is 10.6. The quantitative estimate of drug-likeness (QED) is 0.473. The molecule has 162 valence electrons. The number of hydrogen-bond acceptors (Lipinski definition) is 5. The van der Waals surface area contributed by atoms with Gasteiger partial charge in [0.25, 0.3) is 0 Å². The number of aromatic nitrogens is 3. The number of benzene rings is 1. The summed E-state index contributed by atoms with van der Waals surface area (Å²) in [7, 11) is 3.57. The van der Waals surface area contributed by atoms with Gasteiger partial charge in [-0.05, 0) is 30.4 Å². The van der Waals surface area contributed by atoms with Crippen LogP contribution < -0.4 is 5.73 Å². The average Bonchev–Trinajstić information content (AvgIpc) is 3.41. The van der Waals surface area contributed by atoms with Gasteiger partial charge in [-0.25, -0.2) is 14.8 Å². The second kappa shape index (κ2) is 7.84. The molecule has 1 fully saturated rings. The number of nitrogens with two attached hydrogens (primary N) is 1. The van der Waals surface area contributed by atoms with Gasteiger partial charge in [0, 0.05) is 51.1 Å². The van der Waals surface area contributed by atoms with Crippen LogP contribution in [0.5, 0.6) is 0 Å². The molecule has 0 radical (unpaired) electrons. The first-order valence-corrected chi connectivity index (χ1v) is 11.4. The number of piperidine rings is 1. The van der Waals surface area contributed by atoms with Crippen molar-refractivity contribution in [2.24, 2.45) is 0 Å². The Hall–Kier alpha value is -3.57. The largest absolute Gasteiger partial charge is 0.382 e. The van der Waals surface area contributed by atoms with E-state index in [0.717, 1.165) is 50.4 Å². The number of anilines is 1. The van der Waals surface area contributed by atoms with Crippen LogP contribution in [0.4, 0.5) is 10.6 Å². The monoisotopic (exact) mass is 444 g/mol. The van der Waals surface area contributed by atoms with Gasteiger partial charge in [0.15, 0.2) is 0 Å². The van der Waals surface area contributed by atoms with Crippen LogP contribution in [-0.4, -0.2) is 57.4 Å². The van der Waals surface area contributed by atoms with Gasteiger partial charge in [0.05, 0.1) is 9.58 Å². The maximum atomic E-state index is 12.3. The minimum absolute atomic E-state index is 0.0557. The second-order valence-electron chi connectivity index (χ2n) is 8.27. The third kappa shape index (κ3) is 3.26. The lowest BCUT2D eigenvalue weighted by Gasteiger charge is -2.33. The summed E-state index contributed by atoms with van der Waals surface area (Å²) in [5.74, 6) is 4.43. The molecule has 32 heavy (non-hydrogen) atoms.